The average Bonchev–Trinajstić information content (AvgIpc) is 3.35. The number of carbonyl (C=O) groups excluding carboxylic acids is 4. The third-order valence-corrected chi connectivity index (χ3v) is 6.08. The molecule has 3 aliphatic rings. The van der Waals surface area contributed by atoms with Crippen LogP contribution in [0.25, 0.3) is 0 Å². The van der Waals surface area contributed by atoms with Crippen LogP contribution in [0.4, 0.5) is 0 Å². The van der Waals surface area contributed by atoms with E-state index in [0.717, 1.165) is 30.6 Å². The molecule has 1 aliphatic carbocycles. The minimum Gasteiger partial charge on any atom is -0.339 e. The predicted octanol–water partition coefficient (Wildman–Crippen LogP) is 1.53. The summed E-state index contributed by atoms with van der Waals surface area (Å²) < 4.78 is 0. The zero-order valence-corrected chi connectivity index (χ0v) is 15.9. The van der Waals surface area contributed by atoms with E-state index in [4.69, 9.17) is 0 Å². The van der Waals surface area contributed by atoms with Gasteiger partial charge in [0.15, 0.2) is 0 Å². The van der Waals surface area contributed by atoms with E-state index in [1.54, 1.807) is 29.2 Å². The SMILES string of the molecule is O=C(CCN1C(=O)c2ccccc2C1=O)N1CCN(C(=O)C2CCCC2)CC1. The lowest BCUT2D eigenvalue weighted by Crippen LogP contribution is -2.52. The molecule has 0 radical (unpaired) electrons. The van der Waals surface area contributed by atoms with Crippen LogP contribution >= 0.6 is 0 Å². The lowest BCUT2D eigenvalue weighted by Gasteiger charge is -2.36. The fourth-order valence-electron chi connectivity index (χ4n) is 4.41. The van der Waals surface area contributed by atoms with Crippen molar-refractivity contribution in [1.82, 2.24) is 14.7 Å². The van der Waals surface area contributed by atoms with Gasteiger partial charge >= 0.3 is 0 Å². The summed E-state index contributed by atoms with van der Waals surface area (Å²) in [4.78, 5) is 54.6. The Balaban J connectivity index is 1.27. The highest BCUT2D eigenvalue weighted by atomic mass is 16.2. The van der Waals surface area contributed by atoms with Gasteiger partial charge in [-0.15, -0.1) is 0 Å². The summed E-state index contributed by atoms with van der Waals surface area (Å²) >= 11 is 0. The third-order valence-electron chi connectivity index (χ3n) is 6.08. The van der Waals surface area contributed by atoms with Gasteiger partial charge in [-0.1, -0.05) is 25.0 Å². The molecule has 148 valence electrons. The second-order valence-corrected chi connectivity index (χ2v) is 7.74. The summed E-state index contributed by atoms with van der Waals surface area (Å²) in [6, 6.07) is 6.73. The van der Waals surface area contributed by atoms with Crippen LogP contribution in [0.3, 0.4) is 0 Å². The number of imide groups is 1. The molecule has 1 saturated heterocycles. The zero-order chi connectivity index (χ0) is 19.7. The Bertz CT molecular complexity index is 773. The normalized spacial score (nSPS) is 20.1. The van der Waals surface area contributed by atoms with Crippen molar-refractivity contribution in [2.75, 3.05) is 32.7 Å². The topological polar surface area (TPSA) is 78.0 Å². The summed E-state index contributed by atoms with van der Waals surface area (Å²) in [7, 11) is 0. The third kappa shape index (κ3) is 3.41. The van der Waals surface area contributed by atoms with Crippen LogP contribution in [0, 0.1) is 5.92 Å². The van der Waals surface area contributed by atoms with Crippen LogP contribution in [-0.4, -0.2) is 71.1 Å². The first-order valence-corrected chi connectivity index (χ1v) is 10.1. The number of hydrogen-bond acceptors (Lipinski definition) is 4. The lowest BCUT2D eigenvalue weighted by molar-refractivity contribution is -0.142. The van der Waals surface area contributed by atoms with Gasteiger partial charge in [-0.2, -0.15) is 0 Å². The second-order valence-electron chi connectivity index (χ2n) is 7.74. The molecule has 7 heteroatoms. The Morgan fingerprint density at radius 3 is 1.96 bits per heavy atom. The zero-order valence-electron chi connectivity index (χ0n) is 15.9. The molecule has 0 spiro atoms. The smallest absolute Gasteiger partial charge is 0.261 e. The number of nitrogens with zero attached hydrogens (tertiary/aromatic N) is 3. The van der Waals surface area contributed by atoms with E-state index in [9.17, 15) is 19.2 Å². The minimum atomic E-state index is -0.333. The van der Waals surface area contributed by atoms with Gasteiger partial charge in [-0.05, 0) is 25.0 Å². The maximum atomic E-state index is 12.5. The van der Waals surface area contributed by atoms with E-state index in [1.807, 2.05) is 4.90 Å². The Labute approximate surface area is 164 Å². The average molecular weight is 383 g/mol. The van der Waals surface area contributed by atoms with Crippen LogP contribution in [-0.2, 0) is 9.59 Å². The van der Waals surface area contributed by atoms with Crippen molar-refractivity contribution in [3.8, 4) is 0 Å². The van der Waals surface area contributed by atoms with Crippen LogP contribution < -0.4 is 0 Å². The number of rotatable bonds is 4. The lowest BCUT2D eigenvalue weighted by atomic mass is 10.1. The van der Waals surface area contributed by atoms with Crippen LogP contribution in [0.5, 0.6) is 0 Å². The predicted molar refractivity (Wildman–Crippen MR) is 102 cm³/mol. The van der Waals surface area contributed by atoms with Crippen molar-refractivity contribution in [1.29, 1.82) is 0 Å². The number of fused-ring (bicyclic) bond motifs is 1. The van der Waals surface area contributed by atoms with E-state index < -0.39 is 0 Å². The quantitative estimate of drug-likeness (QED) is 0.739. The first kappa shape index (κ1) is 18.7. The Morgan fingerprint density at radius 1 is 0.857 bits per heavy atom. The molecular weight excluding hydrogens is 358 g/mol. The fourth-order valence-corrected chi connectivity index (χ4v) is 4.41. The first-order chi connectivity index (χ1) is 13.6. The van der Waals surface area contributed by atoms with Gasteiger partial charge in [0.05, 0.1) is 11.1 Å². The first-order valence-electron chi connectivity index (χ1n) is 10.1. The van der Waals surface area contributed by atoms with E-state index in [2.05, 4.69) is 0 Å². The summed E-state index contributed by atoms with van der Waals surface area (Å²) in [5.74, 6) is -0.350. The van der Waals surface area contributed by atoms with Gasteiger partial charge in [0, 0.05) is 45.1 Å². The molecule has 4 amide bonds. The molecular formula is C21H25N3O4. The molecule has 0 atom stereocenters. The molecule has 2 fully saturated rings. The van der Waals surface area contributed by atoms with Gasteiger partial charge < -0.3 is 9.80 Å². The van der Waals surface area contributed by atoms with Gasteiger partial charge in [0.2, 0.25) is 11.8 Å². The van der Waals surface area contributed by atoms with Gasteiger partial charge in [0.1, 0.15) is 0 Å². The number of carbonyl (C=O) groups is 4. The minimum absolute atomic E-state index is 0.0791. The molecule has 0 aromatic heterocycles. The number of amides is 4. The maximum Gasteiger partial charge on any atom is 0.261 e. The molecule has 0 bridgehead atoms. The van der Waals surface area contributed by atoms with E-state index in [0.29, 0.717) is 37.3 Å². The fraction of sp³-hybridized carbons (Fsp3) is 0.524. The summed E-state index contributed by atoms with van der Waals surface area (Å²) in [6.45, 7) is 2.24. The maximum absolute atomic E-state index is 12.5. The molecule has 7 nitrogen and oxygen atoms in total. The molecule has 28 heavy (non-hydrogen) atoms. The van der Waals surface area contributed by atoms with Crippen LogP contribution in [0.15, 0.2) is 24.3 Å². The molecule has 2 aliphatic heterocycles. The molecule has 2 heterocycles. The molecule has 1 aromatic carbocycles. The Kier molecular flexibility index (Phi) is 5.15. The molecule has 1 saturated carbocycles. The number of piperazine rings is 1. The Hall–Kier alpha value is -2.70. The summed E-state index contributed by atoms with van der Waals surface area (Å²) in [5.41, 5.74) is 0.804. The van der Waals surface area contributed by atoms with Crippen LogP contribution in [0.1, 0.15) is 52.8 Å². The second kappa shape index (κ2) is 7.73. The van der Waals surface area contributed by atoms with Crippen molar-refractivity contribution in [2.24, 2.45) is 5.92 Å². The van der Waals surface area contributed by atoms with Crippen molar-refractivity contribution in [3.63, 3.8) is 0 Å². The molecule has 1 aromatic rings. The highest BCUT2D eigenvalue weighted by Gasteiger charge is 2.36. The van der Waals surface area contributed by atoms with Gasteiger partial charge in [-0.3, -0.25) is 24.1 Å². The highest BCUT2D eigenvalue weighted by molar-refractivity contribution is 6.21. The highest BCUT2D eigenvalue weighted by Crippen LogP contribution is 2.27. The van der Waals surface area contributed by atoms with Crippen LogP contribution in [0.2, 0.25) is 0 Å². The van der Waals surface area contributed by atoms with E-state index in [1.165, 1.54) is 0 Å². The van der Waals surface area contributed by atoms with E-state index in [-0.39, 0.29) is 42.5 Å². The van der Waals surface area contributed by atoms with Crippen molar-refractivity contribution in [3.05, 3.63) is 35.4 Å². The number of benzene rings is 1. The molecule has 0 unspecified atom stereocenters. The van der Waals surface area contributed by atoms with Crippen molar-refractivity contribution < 1.29 is 19.2 Å². The van der Waals surface area contributed by atoms with Crippen molar-refractivity contribution in [2.45, 2.75) is 32.1 Å². The summed E-state index contributed by atoms with van der Waals surface area (Å²) in [6.07, 6.45) is 4.35. The van der Waals surface area contributed by atoms with Crippen molar-refractivity contribution >= 4 is 23.6 Å². The standard InChI is InChI=1S/C21H25N3O4/c25-18(9-10-24-20(27)16-7-3-4-8-17(16)21(24)28)22-11-13-23(14-12-22)19(26)15-5-1-2-6-15/h3-4,7-8,15H,1-2,5-6,9-14H2. The molecule has 4 rings (SSSR count). The van der Waals surface area contributed by atoms with E-state index >= 15 is 0 Å². The molecule has 0 N–H and O–H groups in total. The monoisotopic (exact) mass is 383 g/mol. The van der Waals surface area contributed by atoms with Gasteiger partial charge in [-0.25, -0.2) is 0 Å². The summed E-state index contributed by atoms with van der Waals surface area (Å²) in [5, 5.41) is 0. The largest absolute Gasteiger partial charge is 0.339 e. The Morgan fingerprint density at radius 2 is 1.39 bits per heavy atom. The van der Waals surface area contributed by atoms with Gasteiger partial charge in [0.25, 0.3) is 11.8 Å². The number of hydrogen-bond donors (Lipinski definition) is 0.